The van der Waals surface area contributed by atoms with Crippen molar-refractivity contribution in [3.8, 4) is 11.5 Å². The van der Waals surface area contributed by atoms with Crippen molar-refractivity contribution in [3.63, 3.8) is 0 Å². The van der Waals surface area contributed by atoms with E-state index in [1.54, 1.807) is 48.5 Å². The maximum absolute atomic E-state index is 13.5. The van der Waals surface area contributed by atoms with E-state index >= 15 is 0 Å². The number of anilines is 1. The summed E-state index contributed by atoms with van der Waals surface area (Å²) in [6.07, 6.45) is 0.755. The summed E-state index contributed by atoms with van der Waals surface area (Å²) in [5.74, 6) is -0.155. The smallest absolute Gasteiger partial charge is 0.272 e. The third-order valence-corrected chi connectivity index (χ3v) is 7.78. The van der Waals surface area contributed by atoms with E-state index in [0.717, 1.165) is 5.56 Å². The lowest BCUT2D eigenvalue weighted by atomic mass is 10.0. The summed E-state index contributed by atoms with van der Waals surface area (Å²) in [6.45, 7) is 2.27. The van der Waals surface area contributed by atoms with Crippen molar-refractivity contribution in [2.45, 2.75) is 18.6 Å². The molecule has 2 fully saturated rings. The number of benzene rings is 2. The van der Waals surface area contributed by atoms with Gasteiger partial charge >= 0.3 is 0 Å². The van der Waals surface area contributed by atoms with E-state index in [4.69, 9.17) is 4.42 Å². The summed E-state index contributed by atoms with van der Waals surface area (Å²) in [5, 5.41) is 15.5. The number of aryl methyl sites for hydroxylation is 1. The topological polar surface area (TPSA) is 135 Å². The van der Waals surface area contributed by atoms with Crippen LogP contribution in [0, 0.1) is 5.92 Å². The molecule has 1 aliphatic heterocycles. The Morgan fingerprint density at radius 1 is 1.05 bits per heavy atom. The number of amides is 2. The maximum atomic E-state index is 13.5. The Morgan fingerprint density at radius 2 is 1.84 bits per heavy atom. The summed E-state index contributed by atoms with van der Waals surface area (Å²) in [4.78, 5) is 40.0. The van der Waals surface area contributed by atoms with Gasteiger partial charge in [-0.25, -0.2) is 9.37 Å². The molecule has 1 N–H and O–H groups in total. The van der Waals surface area contributed by atoms with Crippen LogP contribution in [-0.2, 0) is 11.8 Å². The van der Waals surface area contributed by atoms with E-state index in [9.17, 15) is 14.0 Å². The van der Waals surface area contributed by atoms with Crippen molar-refractivity contribution >= 4 is 28.6 Å². The van der Waals surface area contributed by atoms with E-state index in [-0.39, 0.29) is 24.3 Å². The van der Waals surface area contributed by atoms with Crippen LogP contribution in [0.4, 0.5) is 10.1 Å². The second-order valence-corrected chi connectivity index (χ2v) is 10.8. The van der Waals surface area contributed by atoms with Crippen molar-refractivity contribution in [1.82, 2.24) is 40.0 Å². The number of alkyl halides is 1. The van der Waals surface area contributed by atoms with Crippen LogP contribution in [0.15, 0.2) is 71.3 Å². The van der Waals surface area contributed by atoms with Gasteiger partial charge in [0.15, 0.2) is 11.4 Å². The van der Waals surface area contributed by atoms with E-state index in [1.807, 2.05) is 30.3 Å². The van der Waals surface area contributed by atoms with Gasteiger partial charge in [0.25, 0.3) is 5.91 Å². The molecule has 0 spiro atoms. The first kappa shape index (κ1) is 26.8. The molecule has 1 saturated heterocycles. The molecule has 0 radical (unpaired) electrons. The first-order valence-electron chi connectivity index (χ1n) is 14.1. The number of aromatic nitrogens is 6. The second kappa shape index (κ2) is 11.0. The molecular weight excluding hydrogens is 553 g/mol. The van der Waals surface area contributed by atoms with Crippen molar-refractivity contribution in [1.29, 1.82) is 0 Å². The predicted octanol–water partition coefficient (Wildman–Crippen LogP) is 3.26. The third-order valence-electron chi connectivity index (χ3n) is 7.78. The molecule has 0 bridgehead atoms. The van der Waals surface area contributed by atoms with Crippen LogP contribution in [-0.4, -0.2) is 84.1 Å². The molecule has 4 heterocycles. The molecule has 3 unspecified atom stereocenters. The normalized spacial score (nSPS) is 19.3. The Kier molecular flexibility index (Phi) is 6.86. The highest BCUT2D eigenvalue weighted by atomic mass is 19.1. The molecular formula is C30H28FN9O3. The number of piperazine rings is 1. The number of halogens is 1. The van der Waals surface area contributed by atoms with Gasteiger partial charge < -0.3 is 14.6 Å². The van der Waals surface area contributed by atoms with Crippen molar-refractivity contribution in [3.05, 3.63) is 83.9 Å². The predicted molar refractivity (Wildman–Crippen MR) is 153 cm³/mol. The molecule has 2 aliphatic rings. The van der Waals surface area contributed by atoms with Crippen LogP contribution >= 0.6 is 0 Å². The van der Waals surface area contributed by atoms with E-state index in [2.05, 4.69) is 35.6 Å². The Balaban J connectivity index is 1.05. The Hall–Kier alpha value is -5.04. The number of carbonyl (C=O) groups is 2. The molecule has 3 atom stereocenters. The number of oxazole rings is 1. The zero-order chi connectivity index (χ0) is 29.5. The number of carbonyl (C=O) groups excluding carboxylic acids is 2. The van der Waals surface area contributed by atoms with Gasteiger partial charge in [0.1, 0.15) is 17.4 Å². The lowest BCUT2D eigenvalue weighted by Gasteiger charge is -2.38. The molecule has 2 amide bonds. The highest BCUT2D eigenvalue weighted by molar-refractivity contribution is 5.96. The van der Waals surface area contributed by atoms with Crippen molar-refractivity contribution in [2.75, 3.05) is 31.5 Å². The van der Waals surface area contributed by atoms with Gasteiger partial charge in [-0.15, -0.1) is 10.2 Å². The number of tetrazole rings is 1. The lowest BCUT2D eigenvalue weighted by Crippen LogP contribution is -2.50. The van der Waals surface area contributed by atoms with Gasteiger partial charge in [0.05, 0.1) is 19.0 Å². The minimum Gasteiger partial charge on any atom is -0.436 e. The molecule has 7 rings (SSSR count). The molecule has 2 aromatic carbocycles. The number of hydrogen-bond acceptors (Lipinski definition) is 9. The largest absolute Gasteiger partial charge is 0.436 e. The fourth-order valence-corrected chi connectivity index (χ4v) is 5.39. The number of nitrogens with one attached hydrogen (secondary N) is 1. The molecule has 1 aliphatic carbocycles. The monoisotopic (exact) mass is 581 g/mol. The van der Waals surface area contributed by atoms with Crippen LogP contribution in [0.1, 0.15) is 34.3 Å². The third kappa shape index (κ3) is 5.46. The first-order chi connectivity index (χ1) is 20.9. The Labute approximate surface area is 245 Å². The summed E-state index contributed by atoms with van der Waals surface area (Å²) < 4.78 is 19.2. The number of nitrogens with zero attached hydrogens (tertiary/aromatic N) is 8. The van der Waals surface area contributed by atoms with E-state index in [1.165, 1.54) is 4.80 Å². The summed E-state index contributed by atoms with van der Waals surface area (Å²) >= 11 is 0. The average molecular weight is 582 g/mol. The van der Waals surface area contributed by atoms with Crippen LogP contribution in [0.5, 0.6) is 0 Å². The average Bonchev–Trinajstić information content (AvgIpc) is 3.39. The lowest BCUT2D eigenvalue weighted by molar-refractivity contribution is -0.117. The quantitative estimate of drug-likeness (QED) is 0.307. The van der Waals surface area contributed by atoms with Crippen molar-refractivity contribution < 1.29 is 18.4 Å². The van der Waals surface area contributed by atoms with Gasteiger partial charge in [-0.2, -0.15) is 4.80 Å². The summed E-state index contributed by atoms with van der Waals surface area (Å²) in [6, 6.07) is 18.3. The molecule has 43 heavy (non-hydrogen) atoms. The van der Waals surface area contributed by atoms with E-state index < -0.39 is 12.1 Å². The molecule has 5 aromatic rings. The number of pyridine rings is 1. The fourth-order valence-electron chi connectivity index (χ4n) is 5.39. The van der Waals surface area contributed by atoms with Gasteiger partial charge in [-0.3, -0.25) is 19.5 Å². The van der Waals surface area contributed by atoms with Crippen molar-refractivity contribution in [2.24, 2.45) is 13.0 Å². The van der Waals surface area contributed by atoms with Gasteiger partial charge in [-0.1, -0.05) is 30.3 Å². The van der Waals surface area contributed by atoms with Crippen LogP contribution in [0.3, 0.4) is 0 Å². The first-order valence-corrected chi connectivity index (χ1v) is 14.1. The minimum atomic E-state index is -1.07. The molecule has 218 valence electrons. The number of rotatable bonds is 7. The highest BCUT2D eigenvalue weighted by Gasteiger charge is 2.43. The SMILES string of the molecule is Cn1nnc(C(c2ccccc2)N2CCN(C(=O)c3cc(-c4nc5cc(NC(=O)C6CC6F)ccc5o4)ccn3)CC2)n1. The maximum Gasteiger partial charge on any atom is 0.272 e. The van der Waals surface area contributed by atoms with Gasteiger partial charge in [0.2, 0.25) is 11.8 Å². The fraction of sp³-hybridized carbons (Fsp3) is 0.300. The Morgan fingerprint density at radius 3 is 2.56 bits per heavy atom. The standard InChI is InChI=1S/C30H28FN9O3/c1-38-36-27(35-37-38)26(18-5-3-2-4-6-18)39-11-13-40(14-12-39)30(42)24-15-19(9-10-32-24)29-34-23-16-20(7-8-25(23)43-29)33-28(41)21-17-22(21)31/h2-10,15-16,21-22,26H,11-14,17H2,1H3,(H,33,41). The van der Waals surface area contributed by atoms with Crippen LogP contribution in [0.2, 0.25) is 0 Å². The molecule has 12 nitrogen and oxygen atoms in total. The summed E-state index contributed by atoms with van der Waals surface area (Å²) in [5.41, 5.74) is 3.54. The van der Waals surface area contributed by atoms with Gasteiger partial charge in [0, 0.05) is 43.6 Å². The highest BCUT2D eigenvalue weighted by Crippen LogP contribution is 2.35. The van der Waals surface area contributed by atoms with Crippen LogP contribution < -0.4 is 5.32 Å². The molecule has 3 aromatic heterocycles. The summed E-state index contributed by atoms with van der Waals surface area (Å²) in [7, 11) is 1.74. The van der Waals surface area contributed by atoms with Gasteiger partial charge in [-0.05, 0) is 47.5 Å². The molecule has 1 saturated carbocycles. The number of fused-ring (bicyclic) bond motifs is 1. The zero-order valence-electron chi connectivity index (χ0n) is 23.3. The Bertz CT molecular complexity index is 1800. The zero-order valence-corrected chi connectivity index (χ0v) is 23.3. The van der Waals surface area contributed by atoms with E-state index in [0.29, 0.717) is 65.9 Å². The van der Waals surface area contributed by atoms with Crippen LogP contribution in [0.25, 0.3) is 22.6 Å². The number of hydrogen-bond donors (Lipinski definition) is 1. The second-order valence-electron chi connectivity index (χ2n) is 10.8. The minimum absolute atomic E-state index is 0.170. The molecule has 13 heteroatoms.